The summed E-state index contributed by atoms with van der Waals surface area (Å²) < 4.78 is 1.65. The summed E-state index contributed by atoms with van der Waals surface area (Å²) in [5.41, 5.74) is 6.26. The van der Waals surface area contributed by atoms with Crippen molar-refractivity contribution in [3.63, 3.8) is 0 Å². The molecule has 15 heavy (non-hydrogen) atoms. The molecule has 3 aromatic rings. The van der Waals surface area contributed by atoms with Crippen LogP contribution in [0, 0.1) is 0 Å². The summed E-state index contributed by atoms with van der Waals surface area (Å²) in [4.78, 5) is 9.40. The van der Waals surface area contributed by atoms with Gasteiger partial charge in [-0.1, -0.05) is 6.07 Å². The van der Waals surface area contributed by atoms with Gasteiger partial charge in [-0.05, 0) is 11.4 Å². The molecule has 0 saturated heterocycles. The number of nitrogens with two attached hydrogens (primary N) is 1. The monoisotopic (exact) mass is 217 g/mol. The van der Waals surface area contributed by atoms with Crippen LogP contribution in [0.1, 0.15) is 0 Å². The van der Waals surface area contributed by atoms with Gasteiger partial charge in [0.15, 0.2) is 11.5 Å². The van der Waals surface area contributed by atoms with Crippen molar-refractivity contribution >= 4 is 22.9 Å². The quantitative estimate of drug-likeness (QED) is 0.669. The third-order valence-electron chi connectivity index (χ3n) is 2.01. The predicted molar refractivity (Wildman–Crippen MR) is 58.5 cm³/mol. The Labute approximate surface area is 89.2 Å². The number of hydrogen-bond acceptors (Lipinski definition) is 5. The van der Waals surface area contributed by atoms with Crippen molar-refractivity contribution in [3.8, 4) is 10.7 Å². The average Bonchev–Trinajstić information content (AvgIpc) is 2.82. The van der Waals surface area contributed by atoms with Gasteiger partial charge in [0, 0.05) is 12.3 Å². The molecular weight excluding hydrogens is 210 g/mol. The molecule has 0 unspecified atom stereocenters. The highest BCUT2D eigenvalue weighted by atomic mass is 32.1. The number of nitrogens with zero attached hydrogens (tertiary/aromatic N) is 4. The molecule has 74 valence electrons. The molecule has 0 atom stereocenters. The van der Waals surface area contributed by atoms with Crippen LogP contribution in [-0.2, 0) is 0 Å². The fourth-order valence-electron chi connectivity index (χ4n) is 1.41. The summed E-state index contributed by atoms with van der Waals surface area (Å²) >= 11 is 1.61. The lowest BCUT2D eigenvalue weighted by atomic mass is 10.4. The zero-order valence-corrected chi connectivity index (χ0v) is 8.48. The first-order valence-corrected chi connectivity index (χ1v) is 5.24. The van der Waals surface area contributed by atoms with E-state index in [9.17, 15) is 0 Å². The minimum absolute atomic E-state index is 0.265. The Balaban J connectivity index is 2.35. The first kappa shape index (κ1) is 8.37. The van der Waals surface area contributed by atoms with Crippen molar-refractivity contribution in [2.24, 2.45) is 0 Å². The molecule has 3 heterocycles. The first-order valence-electron chi connectivity index (χ1n) is 4.36. The second kappa shape index (κ2) is 3.03. The lowest BCUT2D eigenvalue weighted by Gasteiger charge is -1.98. The topological polar surface area (TPSA) is 69.1 Å². The molecule has 0 aromatic carbocycles. The number of anilines is 1. The molecule has 0 aliphatic heterocycles. The SMILES string of the molecule is Nc1nc2ccnc(-c3cccs3)n2n1. The second-order valence-electron chi connectivity index (χ2n) is 2.99. The lowest BCUT2D eigenvalue weighted by Crippen LogP contribution is -1.96. The largest absolute Gasteiger partial charge is 0.366 e. The Kier molecular flexibility index (Phi) is 1.69. The fraction of sp³-hybridized carbons (Fsp3) is 0. The van der Waals surface area contributed by atoms with E-state index in [0.717, 1.165) is 10.7 Å². The van der Waals surface area contributed by atoms with E-state index in [1.54, 1.807) is 28.1 Å². The number of fused-ring (bicyclic) bond motifs is 1. The normalized spacial score (nSPS) is 10.9. The number of nitrogen functional groups attached to an aromatic ring is 1. The highest BCUT2D eigenvalue weighted by Crippen LogP contribution is 2.22. The molecule has 0 aliphatic rings. The van der Waals surface area contributed by atoms with Gasteiger partial charge < -0.3 is 5.73 Å². The number of rotatable bonds is 1. The summed E-state index contributed by atoms with van der Waals surface area (Å²) in [6.45, 7) is 0. The summed E-state index contributed by atoms with van der Waals surface area (Å²) in [5.74, 6) is 1.03. The van der Waals surface area contributed by atoms with Gasteiger partial charge in [0.1, 0.15) is 0 Å². The molecule has 3 aromatic heterocycles. The number of aromatic nitrogens is 4. The van der Waals surface area contributed by atoms with E-state index < -0.39 is 0 Å². The van der Waals surface area contributed by atoms with Crippen LogP contribution in [0.4, 0.5) is 5.95 Å². The molecule has 0 amide bonds. The Hall–Kier alpha value is -1.95. The van der Waals surface area contributed by atoms with E-state index in [1.807, 2.05) is 17.5 Å². The maximum absolute atomic E-state index is 5.55. The third-order valence-corrected chi connectivity index (χ3v) is 2.88. The van der Waals surface area contributed by atoms with Crippen molar-refractivity contribution in [2.75, 3.05) is 5.73 Å². The van der Waals surface area contributed by atoms with Gasteiger partial charge in [-0.25, -0.2) is 4.98 Å². The van der Waals surface area contributed by atoms with Crippen molar-refractivity contribution in [3.05, 3.63) is 29.8 Å². The summed E-state index contributed by atoms with van der Waals surface area (Å²) in [6.07, 6.45) is 1.71. The maximum atomic E-state index is 5.55. The Morgan fingerprint density at radius 1 is 1.33 bits per heavy atom. The van der Waals surface area contributed by atoms with Crippen LogP contribution in [0.5, 0.6) is 0 Å². The molecule has 0 spiro atoms. The summed E-state index contributed by atoms with van der Waals surface area (Å²) in [7, 11) is 0. The van der Waals surface area contributed by atoms with Gasteiger partial charge >= 0.3 is 0 Å². The zero-order chi connectivity index (χ0) is 10.3. The average molecular weight is 217 g/mol. The third kappa shape index (κ3) is 1.26. The van der Waals surface area contributed by atoms with E-state index in [2.05, 4.69) is 15.1 Å². The standard InChI is InChI=1S/C9H7N5S/c10-9-12-7-3-4-11-8(14(7)13-9)6-2-1-5-15-6/h1-5H,(H2,10,13). The zero-order valence-electron chi connectivity index (χ0n) is 7.66. The van der Waals surface area contributed by atoms with Crippen molar-refractivity contribution in [2.45, 2.75) is 0 Å². The van der Waals surface area contributed by atoms with E-state index in [1.165, 1.54) is 0 Å². The van der Waals surface area contributed by atoms with Crippen LogP contribution in [-0.4, -0.2) is 19.6 Å². The maximum Gasteiger partial charge on any atom is 0.240 e. The van der Waals surface area contributed by atoms with Crippen LogP contribution in [0.25, 0.3) is 16.3 Å². The fourth-order valence-corrected chi connectivity index (χ4v) is 2.11. The van der Waals surface area contributed by atoms with Crippen LogP contribution < -0.4 is 5.73 Å². The molecule has 0 radical (unpaired) electrons. The van der Waals surface area contributed by atoms with Gasteiger partial charge in [-0.15, -0.1) is 16.4 Å². The van der Waals surface area contributed by atoms with Gasteiger partial charge in [0.25, 0.3) is 0 Å². The molecule has 0 fully saturated rings. The number of thiophene rings is 1. The molecular formula is C9H7N5S. The van der Waals surface area contributed by atoms with Gasteiger partial charge in [-0.3, -0.25) is 0 Å². The Morgan fingerprint density at radius 3 is 3.07 bits per heavy atom. The predicted octanol–water partition coefficient (Wildman–Crippen LogP) is 1.44. The van der Waals surface area contributed by atoms with Crippen LogP contribution in [0.3, 0.4) is 0 Å². The van der Waals surface area contributed by atoms with Crippen molar-refractivity contribution in [1.82, 2.24) is 19.6 Å². The van der Waals surface area contributed by atoms with Gasteiger partial charge in [-0.2, -0.15) is 9.50 Å². The molecule has 6 heteroatoms. The molecule has 0 aliphatic carbocycles. The number of hydrogen-bond donors (Lipinski definition) is 1. The minimum atomic E-state index is 0.265. The highest BCUT2D eigenvalue weighted by molar-refractivity contribution is 7.13. The van der Waals surface area contributed by atoms with E-state index in [0.29, 0.717) is 5.65 Å². The van der Waals surface area contributed by atoms with Crippen molar-refractivity contribution < 1.29 is 0 Å². The molecule has 5 nitrogen and oxygen atoms in total. The van der Waals surface area contributed by atoms with Gasteiger partial charge in [0.05, 0.1) is 4.88 Å². The second-order valence-corrected chi connectivity index (χ2v) is 3.93. The summed E-state index contributed by atoms with van der Waals surface area (Å²) in [5, 5.41) is 6.09. The molecule has 0 saturated carbocycles. The Bertz CT molecular complexity index is 598. The van der Waals surface area contributed by atoms with E-state index in [-0.39, 0.29) is 5.95 Å². The van der Waals surface area contributed by atoms with Crippen LogP contribution >= 0.6 is 11.3 Å². The summed E-state index contributed by atoms with van der Waals surface area (Å²) in [6, 6.07) is 5.74. The molecule has 3 rings (SSSR count). The molecule has 0 bridgehead atoms. The minimum Gasteiger partial charge on any atom is -0.366 e. The smallest absolute Gasteiger partial charge is 0.240 e. The van der Waals surface area contributed by atoms with Crippen LogP contribution in [0.15, 0.2) is 29.8 Å². The van der Waals surface area contributed by atoms with Gasteiger partial charge in [0.2, 0.25) is 5.95 Å². The van der Waals surface area contributed by atoms with Crippen molar-refractivity contribution in [1.29, 1.82) is 0 Å². The lowest BCUT2D eigenvalue weighted by molar-refractivity contribution is 0.942. The first-order chi connectivity index (χ1) is 7.34. The van der Waals surface area contributed by atoms with E-state index in [4.69, 9.17) is 5.73 Å². The molecule has 2 N–H and O–H groups in total. The van der Waals surface area contributed by atoms with E-state index >= 15 is 0 Å². The Morgan fingerprint density at radius 2 is 2.27 bits per heavy atom. The highest BCUT2D eigenvalue weighted by Gasteiger charge is 2.08. The van der Waals surface area contributed by atoms with Crippen LogP contribution in [0.2, 0.25) is 0 Å².